The topological polar surface area (TPSA) is 43.8 Å². The number of amides is 1. The minimum absolute atomic E-state index is 0.161. The molecule has 2 aliphatic rings. The molecule has 86 valence electrons. The fraction of sp³-hybridized carbons (Fsp3) is 0.909. The summed E-state index contributed by atoms with van der Waals surface area (Å²) in [5.41, 5.74) is 0. The molecule has 0 aromatic rings. The number of aliphatic hydroxyl groups is 1. The number of likely N-dealkylation sites (tertiary alicyclic amines) is 2. The number of carbonyl (C=O) groups is 1. The maximum atomic E-state index is 12.1. The molecule has 0 radical (unpaired) electrons. The van der Waals surface area contributed by atoms with Crippen molar-refractivity contribution in [1.82, 2.24) is 9.80 Å². The second kappa shape index (κ2) is 4.49. The van der Waals surface area contributed by atoms with Crippen molar-refractivity contribution in [3.63, 3.8) is 0 Å². The van der Waals surface area contributed by atoms with Gasteiger partial charge in [-0.3, -0.25) is 4.79 Å². The highest BCUT2D eigenvalue weighted by atomic mass is 16.3. The largest absolute Gasteiger partial charge is 0.391 e. The molecular formula is C11H20N2O2. The molecule has 1 N–H and O–H groups in total. The van der Waals surface area contributed by atoms with E-state index in [-0.39, 0.29) is 17.9 Å². The molecule has 0 spiro atoms. The molecule has 0 aromatic heterocycles. The number of rotatable bonds is 1. The second-order valence-corrected chi connectivity index (χ2v) is 4.83. The molecule has 2 saturated heterocycles. The number of aliphatic hydroxyl groups excluding tert-OH is 1. The predicted octanol–water partition coefficient (Wildman–Crippen LogP) is -0.0786. The van der Waals surface area contributed by atoms with E-state index >= 15 is 0 Å². The van der Waals surface area contributed by atoms with Gasteiger partial charge in [-0.05, 0) is 32.9 Å². The van der Waals surface area contributed by atoms with Gasteiger partial charge in [-0.2, -0.15) is 0 Å². The van der Waals surface area contributed by atoms with Gasteiger partial charge in [0.1, 0.15) is 0 Å². The summed E-state index contributed by atoms with van der Waals surface area (Å²) in [5, 5.41) is 9.39. The van der Waals surface area contributed by atoms with Gasteiger partial charge >= 0.3 is 0 Å². The lowest BCUT2D eigenvalue weighted by Crippen LogP contribution is -2.43. The summed E-state index contributed by atoms with van der Waals surface area (Å²) < 4.78 is 0. The van der Waals surface area contributed by atoms with Crippen molar-refractivity contribution in [2.24, 2.45) is 5.92 Å². The first-order valence-electron chi connectivity index (χ1n) is 5.82. The van der Waals surface area contributed by atoms with E-state index in [1.54, 1.807) is 0 Å². The van der Waals surface area contributed by atoms with Gasteiger partial charge < -0.3 is 14.9 Å². The molecule has 2 atom stereocenters. The molecule has 0 saturated carbocycles. The number of carbonyl (C=O) groups excluding carboxylic acids is 1. The van der Waals surface area contributed by atoms with Crippen LogP contribution in [0, 0.1) is 5.92 Å². The van der Waals surface area contributed by atoms with Gasteiger partial charge in [0, 0.05) is 19.6 Å². The van der Waals surface area contributed by atoms with Gasteiger partial charge in [-0.25, -0.2) is 0 Å². The Labute approximate surface area is 90.9 Å². The van der Waals surface area contributed by atoms with Crippen LogP contribution < -0.4 is 0 Å². The summed E-state index contributed by atoms with van der Waals surface area (Å²) in [4.78, 5) is 16.1. The van der Waals surface area contributed by atoms with Gasteiger partial charge in [0.2, 0.25) is 5.91 Å². The molecule has 4 heteroatoms. The van der Waals surface area contributed by atoms with Gasteiger partial charge in [-0.15, -0.1) is 0 Å². The number of piperidine rings is 1. The molecule has 1 amide bonds. The fourth-order valence-corrected chi connectivity index (χ4v) is 2.57. The standard InChI is InChI=1S/C11H20N2O2/c1-12-5-2-3-9(7-12)11(15)13-6-4-10(14)8-13/h9-10,14H,2-8H2,1H3/t9-,10-/m0/s1. The Balaban J connectivity index is 1.89. The summed E-state index contributed by atoms with van der Waals surface area (Å²) in [6.45, 7) is 3.26. The van der Waals surface area contributed by atoms with Crippen LogP contribution in [0.15, 0.2) is 0 Å². The third-order valence-electron chi connectivity index (χ3n) is 3.45. The maximum absolute atomic E-state index is 12.1. The Bertz CT molecular complexity index is 245. The molecule has 2 fully saturated rings. The Morgan fingerprint density at radius 1 is 1.27 bits per heavy atom. The average molecular weight is 212 g/mol. The quantitative estimate of drug-likeness (QED) is 0.661. The SMILES string of the molecule is CN1CCC[C@H](C(=O)N2CC[C@H](O)C2)C1. The van der Waals surface area contributed by atoms with Crippen LogP contribution in [0.1, 0.15) is 19.3 Å². The number of hydrogen-bond donors (Lipinski definition) is 1. The molecule has 0 aliphatic carbocycles. The first-order chi connectivity index (χ1) is 7.16. The zero-order valence-corrected chi connectivity index (χ0v) is 9.35. The van der Waals surface area contributed by atoms with E-state index in [1.165, 1.54) is 0 Å². The van der Waals surface area contributed by atoms with Crippen LogP contribution in [-0.2, 0) is 4.79 Å². The Morgan fingerprint density at radius 3 is 2.67 bits per heavy atom. The Kier molecular flexibility index (Phi) is 3.26. The highest BCUT2D eigenvalue weighted by Gasteiger charge is 2.31. The second-order valence-electron chi connectivity index (χ2n) is 4.83. The van der Waals surface area contributed by atoms with Crippen molar-refractivity contribution in [1.29, 1.82) is 0 Å². The molecular weight excluding hydrogens is 192 g/mol. The van der Waals surface area contributed by atoms with E-state index in [0.717, 1.165) is 38.9 Å². The van der Waals surface area contributed by atoms with E-state index < -0.39 is 0 Å². The maximum Gasteiger partial charge on any atom is 0.227 e. The molecule has 0 bridgehead atoms. The number of hydrogen-bond acceptors (Lipinski definition) is 3. The van der Waals surface area contributed by atoms with Gasteiger partial charge in [0.05, 0.1) is 12.0 Å². The predicted molar refractivity (Wildman–Crippen MR) is 57.4 cm³/mol. The fourth-order valence-electron chi connectivity index (χ4n) is 2.57. The van der Waals surface area contributed by atoms with Crippen molar-refractivity contribution >= 4 is 5.91 Å². The first-order valence-corrected chi connectivity index (χ1v) is 5.82. The molecule has 2 heterocycles. The van der Waals surface area contributed by atoms with Crippen molar-refractivity contribution in [2.75, 3.05) is 33.2 Å². The summed E-state index contributed by atoms with van der Waals surface area (Å²) in [6.07, 6.45) is 2.57. The van der Waals surface area contributed by atoms with E-state index in [0.29, 0.717) is 6.54 Å². The van der Waals surface area contributed by atoms with Crippen LogP contribution in [0.25, 0.3) is 0 Å². The summed E-state index contributed by atoms with van der Waals surface area (Å²) in [5.74, 6) is 0.409. The van der Waals surface area contributed by atoms with Crippen molar-refractivity contribution in [3.05, 3.63) is 0 Å². The molecule has 4 nitrogen and oxygen atoms in total. The smallest absolute Gasteiger partial charge is 0.227 e. The average Bonchev–Trinajstić information content (AvgIpc) is 2.64. The molecule has 0 unspecified atom stereocenters. The Hall–Kier alpha value is -0.610. The van der Waals surface area contributed by atoms with Crippen molar-refractivity contribution in [2.45, 2.75) is 25.4 Å². The summed E-state index contributed by atoms with van der Waals surface area (Å²) >= 11 is 0. The van der Waals surface area contributed by atoms with Crippen LogP contribution in [-0.4, -0.2) is 60.1 Å². The zero-order valence-electron chi connectivity index (χ0n) is 9.35. The highest BCUT2D eigenvalue weighted by molar-refractivity contribution is 5.79. The number of nitrogens with zero attached hydrogens (tertiary/aromatic N) is 2. The van der Waals surface area contributed by atoms with Crippen molar-refractivity contribution < 1.29 is 9.90 Å². The monoisotopic (exact) mass is 212 g/mol. The van der Waals surface area contributed by atoms with Gasteiger partial charge in [-0.1, -0.05) is 0 Å². The molecule has 15 heavy (non-hydrogen) atoms. The van der Waals surface area contributed by atoms with E-state index in [4.69, 9.17) is 0 Å². The van der Waals surface area contributed by atoms with Crippen molar-refractivity contribution in [3.8, 4) is 0 Å². The van der Waals surface area contributed by atoms with E-state index in [9.17, 15) is 9.90 Å². The normalized spacial score (nSPS) is 33.3. The lowest BCUT2D eigenvalue weighted by Gasteiger charge is -2.31. The van der Waals surface area contributed by atoms with Crippen LogP contribution in [0.3, 0.4) is 0 Å². The third-order valence-corrected chi connectivity index (χ3v) is 3.45. The third kappa shape index (κ3) is 2.49. The van der Waals surface area contributed by atoms with Crippen LogP contribution in [0.4, 0.5) is 0 Å². The van der Waals surface area contributed by atoms with Crippen LogP contribution >= 0.6 is 0 Å². The minimum Gasteiger partial charge on any atom is -0.391 e. The summed E-state index contributed by atoms with van der Waals surface area (Å²) in [6, 6.07) is 0. The lowest BCUT2D eigenvalue weighted by atomic mass is 9.97. The summed E-state index contributed by atoms with van der Waals surface area (Å²) in [7, 11) is 2.07. The Morgan fingerprint density at radius 2 is 2.07 bits per heavy atom. The van der Waals surface area contributed by atoms with Crippen LogP contribution in [0.5, 0.6) is 0 Å². The number of β-amino-alcohol motifs (C(OH)–C–C–N with tert-alkyl or cyclic N) is 1. The minimum atomic E-state index is -0.296. The lowest BCUT2D eigenvalue weighted by molar-refractivity contribution is -0.136. The molecule has 2 rings (SSSR count). The molecule has 0 aromatic carbocycles. The first kappa shape index (κ1) is 10.9. The van der Waals surface area contributed by atoms with E-state index in [1.807, 2.05) is 4.90 Å². The zero-order chi connectivity index (χ0) is 10.8. The van der Waals surface area contributed by atoms with Crippen LogP contribution in [0.2, 0.25) is 0 Å². The molecule has 2 aliphatic heterocycles. The van der Waals surface area contributed by atoms with Gasteiger partial charge in [0.25, 0.3) is 0 Å². The van der Waals surface area contributed by atoms with Gasteiger partial charge in [0.15, 0.2) is 0 Å². The van der Waals surface area contributed by atoms with E-state index in [2.05, 4.69) is 11.9 Å². The highest BCUT2D eigenvalue weighted by Crippen LogP contribution is 2.20.